The number of benzene rings is 1. The second-order valence-electron chi connectivity index (χ2n) is 4.56. The van der Waals surface area contributed by atoms with Gasteiger partial charge in [-0.1, -0.05) is 18.2 Å². The predicted molar refractivity (Wildman–Crippen MR) is 85.8 cm³/mol. The molecule has 21 heavy (non-hydrogen) atoms. The van der Waals surface area contributed by atoms with Gasteiger partial charge in [-0.2, -0.15) is 0 Å². The minimum Gasteiger partial charge on any atom is -0.388 e. The number of hydrogen-bond acceptors (Lipinski definition) is 5. The van der Waals surface area contributed by atoms with Crippen LogP contribution in [-0.2, 0) is 0 Å². The summed E-state index contributed by atoms with van der Waals surface area (Å²) >= 11 is 2.89. The number of aromatic nitrogens is 1. The molecule has 0 saturated heterocycles. The van der Waals surface area contributed by atoms with Crippen LogP contribution < -0.4 is 5.32 Å². The summed E-state index contributed by atoms with van der Waals surface area (Å²) < 4.78 is 1.00. The molecule has 2 N–H and O–H groups in total. The van der Waals surface area contributed by atoms with Crippen LogP contribution in [0.4, 0.5) is 0 Å². The Balaban J connectivity index is 1.56. The van der Waals surface area contributed by atoms with Crippen molar-refractivity contribution < 1.29 is 9.90 Å². The highest BCUT2D eigenvalue weighted by atomic mass is 32.1. The molecule has 6 heteroatoms. The van der Waals surface area contributed by atoms with E-state index in [2.05, 4.69) is 10.3 Å². The van der Waals surface area contributed by atoms with Crippen LogP contribution in [0.2, 0.25) is 0 Å². The third-order valence-corrected chi connectivity index (χ3v) is 5.07. The standard InChI is InChI=1S/C15H14N2O2S2/c18-11(13-6-3-9-20-13)7-8-16-14(19)15-17-10-4-1-2-5-12(10)21-15/h1-6,9,11,18H,7-8H2,(H,16,19)/t11-/m0/s1. The van der Waals surface area contributed by atoms with E-state index in [0.717, 1.165) is 15.1 Å². The van der Waals surface area contributed by atoms with Crippen molar-refractivity contribution in [2.45, 2.75) is 12.5 Å². The number of carbonyl (C=O) groups is 1. The second-order valence-corrected chi connectivity index (χ2v) is 6.57. The summed E-state index contributed by atoms with van der Waals surface area (Å²) in [6.45, 7) is 0.424. The van der Waals surface area contributed by atoms with E-state index in [1.807, 2.05) is 41.8 Å². The number of rotatable bonds is 5. The number of hydrogen-bond donors (Lipinski definition) is 2. The summed E-state index contributed by atoms with van der Waals surface area (Å²) in [5.74, 6) is -0.186. The first-order valence-corrected chi connectivity index (χ1v) is 8.29. The lowest BCUT2D eigenvalue weighted by Crippen LogP contribution is -2.25. The third kappa shape index (κ3) is 3.29. The van der Waals surface area contributed by atoms with Gasteiger partial charge < -0.3 is 10.4 Å². The average molecular weight is 318 g/mol. The van der Waals surface area contributed by atoms with Crippen molar-refractivity contribution in [1.82, 2.24) is 10.3 Å². The van der Waals surface area contributed by atoms with Gasteiger partial charge in [0.15, 0.2) is 5.01 Å². The largest absolute Gasteiger partial charge is 0.388 e. The van der Waals surface area contributed by atoms with Gasteiger partial charge in [0.2, 0.25) is 0 Å². The molecule has 0 aliphatic rings. The molecule has 0 aliphatic heterocycles. The van der Waals surface area contributed by atoms with E-state index in [0.29, 0.717) is 18.0 Å². The predicted octanol–water partition coefficient (Wildman–Crippen LogP) is 3.21. The first-order valence-electron chi connectivity index (χ1n) is 6.59. The Kier molecular flexibility index (Phi) is 4.28. The Morgan fingerprint density at radius 3 is 2.90 bits per heavy atom. The first kappa shape index (κ1) is 14.2. The molecule has 0 radical (unpaired) electrons. The number of thiophene rings is 1. The van der Waals surface area contributed by atoms with Crippen molar-refractivity contribution in [1.29, 1.82) is 0 Å². The number of para-hydroxylation sites is 1. The molecule has 1 aromatic carbocycles. The minimum absolute atomic E-state index is 0.186. The molecule has 3 aromatic rings. The van der Waals surface area contributed by atoms with Crippen LogP contribution in [0.3, 0.4) is 0 Å². The van der Waals surface area contributed by atoms with E-state index in [-0.39, 0.29) is 5.91 Å². The molecule has 3 rings (SSSR count). The lowest BCUT2D eigenvalue weighted by Gasteiger charge is -2.08. The molecular formula is C15H14N2O2S2. The van der Waals surface area contributed by atoms with E-state index in [1.54, 1.807) is 0 Å². The van der Waals surface area contributed by atoms with Crippen LogP contribution in [0.5, 0.6) is 0 Å². The lowest BCUT2D eigenvalue weighted by atomic mass is 10.2. The molecule has 0 bridgehead atoms. The van der Waals surface area contributed by atoms with Gasteiger partial charge in [0.25, 0.3) is 5.91 Å². The van der Waals surface area contributed by atoms with Crippen LogP contribution in [0.25, 0.3) is 10.2 Å². The second kappa shape index (κ2) is 6.34. The van der Waals surface area contributed by atoms with Gasteiger partial charge in [-0.05, 0) is 30.0 Å². The smallest absolute Gasteiger partial charge is 0.280 e. The van der Waals surface area contributed by atoms with Crippen molar-refractivity contribution in [3.8, 4) is 0 Å². The third-order valence-electron chi connectivity index (χ3n) is 3.06. The van der Waals surface area contributed by atoms with Crippen molar-refractivity contribution in [3.05, 3.63) is 51.7 Å². The number of aliphatic hydroxyl groups is 1. The fourth-order valence-electron chi connectivity index (χ4n) is 1.99. The van der Waals surface area contributed by atoms with Crippen LogP contribution >= 0.6 is 22.7 Å². The summed E-state index contributed by atoms with van der Waals surface area (Å²) in [5.41, 5.74) is 0.839. The van der Waals surface area contributed by atoms with Crippen LogP contribution in [0, 0.1) is 0 Å². The fourth-order valence-corrected chi connectivity index (χ4v) is 3.62. The number of nitrogens with zero attached hydrogens (tertiary/aromatic N) is 1. The monoisotopic (exact) mass is 318 g/mol. The zero-order chi connectivity index (χ0) is 14.7. The number of thiazole rings is 1. The first-order chi connectivity index (χ1) is 10.2. The van der Waals surface area contributed by atoms with Gasteiger partial charge in [-0.3, -0.25) is 4.79 Å². The fraction of sp³-hybridized carbons (Fsp3) is 0.200. The summed E-state index contributed by atoms with van der Waals surface area (Å²) in [6, 6.07) is 11.5. The highest BCUT2D eigenvalue weighted by molar-refractivity contribution is 7.20. The van der Waals surface area contributed by atoms with E-state index in [1.165, 1.54) is 22.7 Å². The Morgan fingerprint density at radius 2 is 2.14 bits per heavy atom. The Hall–Kier alpha value is -1.76. The summed E-state index contributed by atoms with van der Waals surface area (Å²) in [7, 11) is 0. The number of amides is 1. The molecule has 1 amide bonds. The Morgan fingerprint density at radius 1 is 1.29 bits per heavy atom. The van der Waals surface area contributed by atoms with Crippen molar-refractivity contribution in [2.75, 3.05) is 6.54 Å². The number of nitrogens with one attached hydrogen (secondary N) is 1. The summed E-state index contributed by atoms with van der Waals surface area (Å²) in [6.07, 6.45) is -0.0300. The van der Waals surface area contributed by atoms with E-state index < -0.39 is 6.10 Å². The number of carbonyl (C=O) groups excluding carboxylic acids is 1. The SMILES string of the molecule is O=C(NCC[C@H](O)c1cccs1)c1nc2ccccc2s1. The van der Waals surface area contributed by atoms with Crippen LogP contribution in [0.1, 0.15) is 27.2 Å². The maximum absolute atomic E-state index is 12.0. The number of fused-ring (bicyclic) bond motifs is 1. The van der Waals surface area contributed by atoms with Gasteiger partial charge >= 0.3 is 0 Å². The Bertz CT molecular complexity index is 704. The summed E-state index contributed by atoms with van der Waals surface area (Å²) in [4.78, 5) is 17.3. The van der Waals surface area contributed by atoms with Gasteiger partial charge in [0.1, 0.15) is 0 Å². The molecule has 0 fully saturated rings. The zero-order valence-corrected chi connectivity index (χ0v) is 12.8. The lowest BCUT2D eigenvalue weighted by molar-refractivity contribution is 0.0943. The van der Waals surface area contributed by atoms with E-state index >= 15 is 0 Å². The van der Waals surface area contributed by atoms with E-state index in [4.69, 9.17) is 0 Å². The normalized spacial score (nSPS) is 12.4. The maximum atomic E-state index is 12.0. The van der Waals surface area contributed by atoms with Crippen molar-refractivity contribution >= 4 is 38.8 Å². The Labute approximate surface area is 130 Å². The molecule has 0 spiro atoms. The van der Waals surface area contributed by atoms with Crippen LogP contribution in [-0.4, -0.2) is 22.5 Å². The molecule has 1 atom stereocenters. The average Bonchev–Trinajstić information content (AvgIpc) is 3.16. The van der Waals surface area contributed by atoms with Gasteiger partial charge in [0, 0.05) is 11.4 Å². The summed E-state index contributed by atoms with van der Waals surface area (Å²) in [5, 5.41) is 15.1. The van der Waals surface area contributed by atoms with Crippen molar-refractivity contribution in [2.24, 2.45) is 0 Å². The molecule has 4 nitrogen and oxygen atoms in total. The van der Waals surface area contributed by atoms with Crippen LogP contribution in [0.15, 0.2) is 41.8 Å². The highest BCUT2D eigenvalue weighted by Crippen LogP contribution is 2.22. The van der Waals surface area contributed by atoms with E-state index in [9.17, 15) is 9.90 Å². The maximum Gasteiger partial charge on any atom is 0.280 e. The molecule has 2 heterocycles. The molecule has 0 unspecified atom stereocenters. The quantitative estimate of drug-likeness (QED) is 0.759. The number of aliphatic hydroxyl groups excluding tert-OH is 1. The molecule has 0 saturated carbocycles. The molecular weight excluding hydrogens is 304 g/mol. The molecule has 108 valence electrons. The highest BCUT2D eigenvalue weighted by Gasteiger charge is 2.13. The van der Waals surface area contributed by atoms with Gasteiger partial charge in [0.05, 0.1) is 16.3 Å². The van der Waals surface area contributed by atoms with Gasteiger partial charge in [-0.25, -0.2) is 4.98 Å². The minimum atomic E-state index is -0.527. The topological polar surface area (TPSA) is 62.2 Å². The van der Waals surface area contributed by atoms with Crippen molar-refractivity contribution in [3.63, 3.8) is 0 Å². The zero-order valence-electron chi connectivity index (χ0n) is 11.2. The molecule has 2 aromatic heterocycles. The van der Waals surface area contributed by atoms with Gasteiger partial charge in [-0.15, -0.1) is 22.7 Å². The molecule has 0 aliphatic carbocycles.